The van der Waals surface area contributed by atoms with Gasteiger partial charge in [-0.3, -0.25) is 0 Å². The Morgan fingerprint density at radius 3 is 2.90 bits per heavy atom. The number of hydrogen-bond acceptors (Lipinski definition) is 6. The summed E-state index contributed by atoms with van der Waals surface area (Å²) in [4.78, 5) is 21.8. The van der Waals surface area contributed by atoms with Gasteiger partial charge in [-0.2, -0.15) is 0 Å². The maximum Gasteiger partial charge on any atom is 0.319 e. The molecule has 0 saturated carbocycles. The number of carbonyl (C=O) groups excluding carboxylic acids is 1. The molecule has 0 aliphatic carbocycles. The summed E-state index contributed by atoms with van der Waals surface area (Å²) in [7, 11) is 0. The molecule has 2 aliphatic rings. The fourth-order valence-corrected chi connectivity index (χ4v) is 3.68. The Morgan fingerprint density at radius 2 is 2.00 bits per heavy atom. The Kier molecular flexibility index (Phi) is 5.22. The Labute approximate surface area is 179 Å². The summed E-state index contributed by atoms with van der Waals surface area (Å²) in [6.07, 6.45) is 4.17. The quantitative estimate of drug-likeness (QED) is 0.566. The highest BCUT2D eigenvalue weighted by atomic mass is 16.7. The molecule has 0 spiro atoms. The van der Waals surface area contributed by atoms with E-state index in [0.717, 1.165) is 40.7 Å². The van der Waals surface area contributed by atoms with E-state index in [2.05, 4.69) is 25.5 Å². The molecule has 9 heteroatoms. The van der Waals surface area contributed by atoms with Crippen molar-refractivity contribution in [3.05, 3.63) is 60.2 Å². The zero-order valence-corrected chi connectivity index (χ0v) is 16.9. The largest absolute Gasteiger partial charge is 0.490 e. The van der Waals surface area contributed by atoms with Crippen LogP contribution in [0.25, 0.3) is 0 Å². The minimum atomic E-state index is -0.252. The molecule has 9 nitrogen and oxygen atoms in total. The summed E-state index contributed by atoms with van der Waals surface area (Å²) in [6, 6.07) is 11.2. The van der Waals surface area contributed by atoms with Crippen molar-refractivity contribution < 1.29 is 19.0 Å². The molecule has 160 valence electrons. The first-order valence-electron chi connectivity index (χ1n) is 10.2. The van der Waals surface area contributed by atoms with Crippen molar-refractivity contribution in [2.45, 2.75) is 13.0 Å². The first-order chi connectivity index (χ1) is 15.2. The number of carbonyl (C=O) groups is 1. The van der Waals surface area contributed by atoms with Crippen molar-refractivity contribution >= 4 is 17.4 Å². The van der Waals surface area contributed by atoms with Gasteiger partial charge < -0.3 is 34.7 Å². The third-order valence-corrected chi connectivity index (χ3v) is 5.23. The van der Waals surface area contributed by atoms with Gasteiger partial charge in [-0.25, -0.2) is 9.78 Å². The average molecular weight is 421 g/mol. The maximum absolute atomic E-state index is 12.4. The van der Waals surface area contributed by atoms with Gasteiger partial charge in [0.05, 0.1) is 30.8 Å². The van der Waals surface area contributed by atoms with Crippen LogP contribution in [0.5, 0.6) is 17.2 Å². The van der Waals surface area contributed by atoms with Crippen LogP contribution < -0.4 is 29.7 Å². The van der Waals surface area contributed by atoms with Crippen LogP contribution >= 0.6 is 0 Å². The van der Waals surface area contributed by atoms with E-state index in [-0.39, 0.29) is 12.8 Å². The Morgan fingerprint density at radius 1 is 1.10 bits per heavy atom. The van der Waals surface area contributed by atoms with E-state index >= 15 is 0 Å². The van der Waals surface area contributed by atoms with Crippen LogP contribution in [0.1, 0.15) is 11.3 Å². The van der Waals surface area contributed by atoms with Crippen LogP contribution in [0.15, 0.2) is 48.9 Å². The third-order valence-electron chi connectivity index (χ3n) is 5.23. The predicted molar refractivity (Wildman–Crippen MR) is 115 cm³/mol. The highest BCUT2D eigenvalue weighted by Gasteiger charge is 2.20. The predicted octanol–water partition coefficient (Wildman–Crippen LogP) is 2.90. The van der Waals surface area contributed by atoms with E-state index < -0.39 is 0 Å². The minimum Gasteiger partial charge on any atom is -0.490 e. The van der Waals surface area contributed by atoms with Gasteiger partial charge in [0.2, 0.25) is 6.79 Å². The van der Waals surface area contributed by atoms with Gasteiger partial charge in [-0.15, -0.1) is 0 Å². The number of anilines is 2. The molecule has 31 heavy (non-hydrogen) atoms. The molecule has 0 bridgehead atoms. The normalized spacial score (nSPS) is 14.0. The summed E-state index contributed by atoms with van der Waals surface area (Å²) >= 11 is 0. The molecule has 0 saturated heterocycles. The van der Waals surface area contributed by atoms with Gasteiger partial charge in [0.15, 0.2) is 11.5 Å². The Bertz CT molecular complexity index is 1070. The fraction of sp³-hybridized carbons (Fsp3) is 0.273. The monoisotopic (exact) mass is 421 g/mol. The van der Waals surface area contributed by atoms with E-state index in [1.807, 2.05) is 42.6 Å². The number of fused-ring (bicyclic) bond motifs is 2. The third kappa shape index (κ3) is 4.35. The lowest BCUT2D eigenvalue weighted by Gasteiger charge is -2.31. The molecular formula is C22H23N5O4. The number of imidazole rings is 1. The summed E-state index contributed by atoms with van der Waals surface area (Å²) in [6.45, 7) is 2.84. The maximum atomic E-state index is 12.4. The molecular weight excluding hydrogens is 398 g/mol. The van der Waals surface area contributed by atoms with Gasteiger partial charge >= 0.3 is 6.03 Å². The average Bonchev–Trinajstić information content (AvgIpc) is 3.46. The first kappa shape index (κ1) is 19.1. The van der Waals surface area contributed by atoms with E-state index in [9.17, 15) is 4.79 Å². The summed E-state index contributed by atoms with van der Waals surface area (Å²) in [5.74, 6) is 2.31. The van der Waals surface area contributed by atoms with E-state index in [0.29, 0.717) is 31.8 Å². The number of nitrogens with zero attached hydrogens (tertiary/aromatic N) is 2. The number of ether oxygens (including phenoxy) is 3. The van der Waals surface area contributed by atoms with Gasteiger partial charge in [-0.1, -0.05) is 6.07 Å². The van der Waals surface area contributed by atoms with Crippen molar-refractivity contribution in [1.82, 2.24) is 15.3 Å². The van der Waals surface area contributed by atoms with E-state index in [1.165, 1.54) is 0 Å². The van der Waals surface area contributed by atoms with Crippen molar-refractivity contribution in [2.75, 3.05) is 36.7 Å². The van der Waals surface area contributed by atoms with Crippen molar-refractivity contribution in [1.29, 1.82) is 0 Å². The fourth-order valence-electron chi connectivity index (χ4n) is 3.68. The van der Waals surface area contributed by atoms with Crippen LogP contribution in [0.2, 0.25) is 0 Å². The number of benzene rings is 2. The Balaban J connectivity index is 1.17. The highest BCUT2D eigenvalue weighted by molar-refractivity contribution is 5.90. The smallest absolute Gasteiger partial charge is 0.319 e. The zero-order valence-electron chi connectivity index (χ0n) is 16.9. The molecule has 2 aliphatic heterocycles. The van der Waals surface area contributed by atoms with Gasteiger partial charge in [0, 0.05) is 18.4 Å². The summed E-state index contributed by atoms with van der Waals surface area (Å²) in [5, 5.41) is 5.80. The first-order valence-corrected chi connectivity index (χ1v) is 10.2. The van der Waals surface area contributed by atoms with E-state index in [4.69, 9.17) is 14.2 Å². The molecule has 3 aromatic rings. The lowest BCUT2D eigenvalue weighted by molar-refractivity contribution is 0.174. The second-order valence-corrected chi connectivity index (χ2v) is 7.35. The van der Waals surface area contributed by atoms with Crippen LogP contribution in [0, 0.1) is 0 Å². The van der Waals surface area contributed by atoms with Crippen LogP contribution in [-0.4, -0.2) is 42.5 Å². The number of aromatic nitrogens is 2. The number of H-pyrrole nitrogens is 1. The number of hydrogen-bond donors (Lipinski definition) is 3. The second-order valence-electron chi connectivity index (χ2n) is 7.35. The Hall–Kier alpha value is -3.88. The number of urea groups is 1. The molecule has 2 aromatic carbocycles. The molecule has 2 amide bonds. The molecule has 0 radical (unpaired) electrons. The zero-order chi connectivity index (χ0) is 21.0. The summed E-state index contributed by atoms with van der Waals surface area (Å²) < 4.78 is 16.5. The van der Waals surface area contributed by atoms with E-state index in [1.54, 1.807) is 6.33 Å². The molecule has 0 unspecified atom stereocenters. The SMILES string of the molecule is O=C(NCCc1ccc2c(c1)OCO2)Nc1ccc2c(c1)N(Cc1cnc[nH]1)CCO2. The molecule has 0 atom stereocenters. The lowest BCUT2D eigenvalue weighted by Crippen LogP contribution is -2.33. The highest BCUT2D eigenvalue weighted by Crippen LogP contribution is 2.35. The topological polar surface area (TPSA) is 101 Å². The molecule has 0 fully saturated rings. The van der Waals surface area contributed by atoms with Gasteiger partial charge in [0.25, 0.3) is 0 Å². The number of nitrogens with one attached hydrogen (secondary N) is 3. The van der Waals surface area contributed by atoms with Crippen molar-refractivity contribution in [2.24, 2.45) is 0 Å². The van der Waals surface area contributed by atoms with Crippen LogP contribution in [0.3, 0.4) is 0 Å². The van der Waals surface area contributed by atoms with Crippen LogP contribution in [0.4, 0.5) is 16.2 Å². The van der Waals surface area contributed by atoms with Gasteiger partial charge in [0.1, 0.15) is 12.4 Å². The minimum absolute atomic E-state index is 0.252. The molecule has 3 heterocycles. The standard InChI is InChI=1S/C22H23N5O4/c28-22(24-6-5-15-1-3-20-21(9-15)31-14-30-20)26-16-2-4-19-18(10-16)27(7-8-29-19)12-17-11-23-13-25-17/h1-4,9-11,13H,5-8,12,14H2,(H,23,25)(H2,24,26,28). The van der Waals surface area contributed by atoms with Gasteiger partial charge in [-0.05, 0) is 42.3 Å². The molecule has 1 aromatic heterocycles. The lowest BCUT2D eigenvalue weighted by atomic mass is 10.1. The number of rotatable bonds is 6. The molecule has 3 N–H and O–H groups in total. The number of aromatic amines is 1. The summed E-state index contributed by atoms with van der Waals surface area (Å²) in [5.41, 5.74) is 3.75. The van der Waals surface area contributed by atoms with Crippen LogP contribution in [-0.2, 0) is 13.0 Å². The molecule has 5 rings (SSSR count). The van der Waals surface area contributed by atoms with Crippen molar-refractivity contribution in [3.8, 4) is 17.2 Å². The number of amides is 2. The second kappa shape index (κ2) is 8.47. The van der Waals surface area contributed by atoms with Crippen molar-refractivity contribution in [3.63, 3.8) is 0 Å².